The monoisotopic (exact) mass is 381 g/mol. The van der Waals surface area contributed by atoms with Crippen LogP contribution in [0.4, 0.5) is 0 Å². The number of hydrogen-bond acceptors (Lipinski definition) is 4. The Kier molecular flexibility index (Phi) is 5.05. The molecule has 3 nitrogen and oxygen atoms in total. The summed E-state index contributed by atoms with van der Waals surface area (Å²) in [5.74, 6) is 0. The summed E-state index contributed by atoms with van der Waals surface area (Å²) in [6, 6.07) is 2.51. The Morgan fingerprint density at radius 2 is 2.22 bits per heavy atom. The lowest BCUT2D eigenvalue weighted by atomic mass is 9.89. The van der Waals surface area contributed by atoms with Crippen LogP contribution in [-0.4, -0.2) is 29.0 Å². The molecule has 0 radical (unpaired) electrons. The standard InChI is InChI=1S/C13H20INO2S/c1-2-13(7-16,8-17)15-10-4-3-5-11-9(10)6-12(14)18-11/h6,10,15-17H,2-5,7-8H2,1H3. The van der Waals surface area contributed by atoms with Crippen LogP contribution in [0.1, 0.15) is 42.7 Å². The van der Waals surface area contributed by atoms with Crippen molar-refractivity contribution < 1.29 is 10.2 Å². The zero-order chi connectivity index (χ0) is 13.2. The Morgan fingerprint density at radius 3 is 2.83 bits per heavy atom. The van der Waals surface area contributed by atoms with Crippen LogP contribution in [0.2, 0.25) is 0 Å². The summed E-state index contributed by atoms with van der Waals surface area (Å²) in [7, 11) is 0. The van der Waals surface area contributed by atoms with Crippen LogP contribution in [0.15, 0.2) is 6.07 Å². The zero-order valence-corrected chi connectivity index (χ0v) is 13.6. The highest BCUT2D eigenvalue weighted by Crippen LogP contribution is 2.37. The predicted molar refractivity (Wildman–Crippen MR) is 83.0 cm³/mol. The second kappa shape index (κ2) is 6.17. The average molecular weight is 381 g/mol. The molecule has 1 aliphatic rings. The van der Waals surface area contributed by atoms with Crippen LogP contribution in [-0.2, 0) is 6.42 Å². The third kappa shape index (κ3) is 2.90. The molecule has 5 heteroatoms. The molecule has 0 amide bonds. The maximum absolute atomic E-state index is 9.54. The number of hydrogen-bond donors (Lipinski definition) is 3. The van der Waals surface area contributed by atoms with E-state index in [0.717, 1.165) is 12.8 Å². The van der Waals surface area contributed by atoms with E-state index in [2.05, 4.69) is 34.0 Å². The van der Waals surface area contributed by atoms with Crippen molar-refractivity contribution >= 4 is 33.9 Å². The molecular weight excluding hydrogens is 361 g/mol. The lowest BCUT2D eigenvalue weighted by molar-refractivity contribution is 0.0753. The van der Waals surface area contributed by atoms with Crippen molar-refractivity contribution in [3.63, 3.8) is 0 Å². The Bertz CT molecular complexity index is 395. The van der Waals surface area contributed by atoms with Gasteiger partial charge in [0.1, 0.15) is 0 Å². The first kappa shape index (κ1) is 14.7. The summed E-state index contributed by atoms with van der Waals surface area (Å²) in [5.41, 5.74) is 0.822. The van der Waals surface area contributed by atoms with E-state index in [9.17, 15) is 10.2 Å². The normalized spacial score (nSPS) is 19.9. The van der Waals surface area contributed by atoms with Crippen LogP contribution in [0, 0.1) is 2.88 Å². The summed E-state index contributed by atoms with van der Waals surface area (Å²) in [5, 5.41) is 22.6. The fourth-order valence-corrected chi connectivity index (χ4v) is 4.63. The van der Waals surface area contributed by atoms with Crippen molar-refractivity contribution in [1.82, 2.24) is 5.32 Å². The van der Waals surface area contributed by atoms with Crippen LogP contribution in [0.5, 0.6) is 0 Å². The molecule has 0 aromatic carbocycles. The van der Waals surface area contributed by atoms with Crippen LogP contribution in [0.25, 0.3) is 0 Å². The van der Waals surface area contributed by atoms with Gasteiger partial charge in [0, 0.05) is 10.9 Å². The van der Waals surface area contributed by atoms with Gasteiger partial charge in [-0.1, -0.05) is 6.92 Å². The van der Waals surface area contributed by atoms with Crippen molar-refractivity contribution in [1.29, 1.82) is 0 Å². The molecule has 102 valence electrons. The molecule has 0 saturated carbocycles. The third-order valence-corrected chi connectivity index (χ3v) is 5.82. The second-order valence-corrected chi connectivity index (χ2v) is 8.00. The molecule has 0 spiro atoms. The minimum absolute atomic E-state index is 0.0208. The molecule has 2 rings (SSSR count). The molecule has 1 atom stereocenters. The highest BCUT2D eigenvalue weighted by atomic mass is 127. The molecule has 3 N–H and O–H groups in total. The lowest BCUT2D eigenvalue weighted by Gasteiger charge is -2.36. The topological polar surface area (TPSA) is 52.5 Å². The first-order valence-electron chi connectivity index (χ1n) is 6.41. The zero-order valence-electron chi connectivity index (χ0n) is 10.6. The van der Waals surface area contributed by atoms with Gasteiger partial charge in [0.05, 0.1) is 21.6 Å². The summed E-state index contributed by atoms with van der Waals surface area (Å²) in [6.45, 7) is 1.96. The van der Waals surface area contributed by atoms with Crippen molar-refractivity contribution in [2.45, 2.75) is 44.2 Å². The van der Waals surface area contributed by atoms with Gasteiger partial charge < -0.3 is 15.5 Å². The first-order valence-corrected chi connectivity index (χ1v) is 8.31. The van der Waals surface area contributed by atoms with Gasteiger partial charge in [-0.15, -0.1) is 11.3 Å². The van der Waals surface area contributed by atoms with Crippen molar-refractivity contribution in [3.8, 4) is 0 Å². The van der Waals surface area contributed by atoms with Gasteiger partial charge in [0.2, 0.25) is 0 Å². The van der Waals surface area contributed by atoms with Crippen molar-refractivity contribution in [3.05, 3.63) is 19.4 Å². The lowest BCUT2D eigenvalue weighted by Crippen LogP contribution is -2.53. The Balaban J connectivity index is 2.20. The second-order valence-electron chi connectivity index (χ2n) is 4.97. The highest BCUT2D eigenvalue weighted by molar-refractivity contribution is 14.1. The number of aryl methyl sites for hydroxylation is 1. The number of fused-ring (bicyclic) bond motifs is 1. The van der Waals surface area contributed by atoms with E-state index in [-0.39, 0.29) is 19.3 Å². The largest absolute Gasteiger partial charge is 0.394 e. The Morgan fingerprint density at radius 1 is 1.50 bits per heavy atom. The van der Waals surface area contributed by atoms with E-state index >= 15 is 0 Å². The Hall–Kier alpha value is 0.310. The predicted octanol–water partition coefficient (Wildman–Crippen LogP) is 2.45. The molecule has 0 fully saturated rings. The summed E-state index contributed by atoms with van der Waals surface area (Å²) < 4.78 is 1.32. The van der Waals surface area contributed by atoms with E-state index in [0.29, 0.717) is 0 Å². The number of thiophene rings is 1. The van der Waals surface area contributed by atoms with Crippen LogP contribution in [0.3, 0.4) is 0 Å². The number of halogens is 1. The molecule has 1 aromatic rings. The molecule has 0 saturated heterocycles. The van der Waals surface area contributed by atoms with Gasteiger partial charge in [-0.05, 0) is 59.9 Å². The van der Waals surface area contributed by atoms with Gasteiger partial charge in [-0.2, -0.15) is 0 Å². The van der Waals surface area contributed by atoms with Crippen molar-refractivity contribution in [2.24, 2.45) is 0 Å². The summed E-state index contributed by atoms with van der Waals surface area (Å²) in [6.07, 6.45) is 4.16. The number of aliphatic hydroxyl groups is 2. The van der Waals surface area contributed by atoms with E-state index < -0.39 is 5.54 Å². The van der Waals surface area contributed by atoms with Gasteiger partial charge >= 0.3 is 0 Å². The number of nitrogens with one attached hydrogen (secondary N) is 1. The third-order valence-electron chi connectivity index (χ3n) is 3.85. The Labute approximate surface area is 126 Å². The molecule has 18 heavy (non-hydrogen) atoms. The van der Waals surface area contributed by atoms with Crippen molar-refractivity contribution in [2.75, 3.05) is 13.2 Å². The van der Waals surface area contributed by atoms with E-state index in [1.807, 2.05) is 18.3 Å². The van der Waals surface area contributed by atoms with Gasteiger partial charge in [0.15, 0.2) is 0 Å². The molecular formula is C13H20INO2S. The molecule has 1 heterocycles. The van der Waals surface area contributed by atoms with Crippen LogP contribution < -0.4 is 5.32 Å². The molecule has 0 aliphatic heterocycles. The summed E-state index contributed by atoms with van der Waals surface area (Å²) >= 11 is 4.23. The van der Waals surface area contributed by atoms with Gasteiger partial charge in [-0.3, -0.25) is 0 Å². The average Bonchev–Trinajstić information content (AvgIpc) is 2.77. The van der Waals surface area contributed by atoms with E-state index in [1.165, 1.54) is 26.2 Å². The SMILES string of the molecule is CCC(CO)(CO)NC1CCCc2sc(I)cc21. The molecule has 1 aromatic heterocycles. The smallest absolute Gasteiger partial charge is 0.0659 e. The molecule has 1 unspecified atom stereocenters. The van der Waals surface area contributed by atoms with E-state index in [1.54, 1.807) is 0 Å². The maximum atomic E-state index is 9.54. The quantitative estimate of drug-likeness (QED) is 0.687. The maximum Gasteiger partial charge on any atom is 0.0659 e. The first-order chi connectivity index (χ1) is 8.64. The molecule has 1 aliphatic carbocycles. The molecule has 0 bridgehead atoms. The summed E-state index contributed by atoms with van der Waals surface area (Å²) in [4.78, 5) is 1.46. The number of rotatable bonds is 5. The van der Waals surface area contributed by atoms with E-state index in [4.69, 9.17) is 0 Å². The fraction of sp³-hybridized carbons (Fsp3) is 0.692. The fourth-order valence-electron chi connectivity index (χ4n) is 2.51. The minimum atomic E-state index is -0.549. The number of aliphatic hydroxyl groups excluding tert-OH is 2. The van der Waals surface area contributed by atoms with Gasteiger partial charge in [0.25, 0.3) is 0 Å². The van der Waals surface area contributed by atoms with Crippen LogP contribution >= 0.6 is 33.9 Å². The minimum Gasteiger partial charge on any atom is -0.394 e. The van der Waals surface area contributed by atoms with Gasteiger partial charge in [-0.25, -0.2) is 0 Å². The highest BCUT2D eigenvalue weighted by Gasteiger charge is 2.32.